The van der Waals surface area contributed by atoms with Crippen molar-refractivity contribution in [1.82, 2.24) is 10.2 Å². The molecule has 0 radical (unpaired) electrons. The molecule has 0 unspecified atom stereocenters. The molecule has 0 saturated carbocycles. The SMILES string of the molecule is COc1cc([N+](=O)[O-])ccc1NC(=O)CN1CCC(NC(=O)OC(C)(C)C)CC1. The van der Waals surface area contributed by atoms with Crippen LogP contribution in [0.1, 0.15) is 33.6 Å². The first-order chi connectivity index (χ1) is 13.6. The van der Waals surface area contributed by atoms with Crippen molar-refractivity contribution in [3.05, 3.63) is 28.3 Å². The highest BCUT2D eigenvalue weighted by Gasteiger charge is 2.24. The van der Waals surface area contributed by atoms with Gasteiger partial charge in [-0.2, -0.15) is 0 Å². The molecule has 0 bridgehead atoms. The van der Waals surface area contributed by atoms with E-state index in [9.17, 15) is 19.7 Å². The van der Waals surface area contributed by atoms with Gasteiger partial charge in [-0.15, -0.1) is 0 Å². The number of likely N-dealkylation sites (tertiary alicyclic amines) is 1. The van der Waals surface area contributed by atoms with Gasteiger partial charge in [-0.25, -0.2) is 4.79 Å². The summed E-state index contributed by atoms with van der Waals surface area (Å²) in [6.07, 6.45) is 1.000. The molecule has 1 aromatic carbocycles. The van der Waals surface area contributed by atoms with E-state index in [2.05, 4.69) is 10.6 Å². The Bertz CT molecular complexity index is 754. The number of methoxy groups -OCH3 is 1. The molecular formula is C19H28N4O6. The van der Waals surface area contributed by atoms with E-state index < -0.39 is 16.6 Å². The van der Waals surface area contributed by atoms with E-state index in [1.54, 1.807) is 0 Å². The Morgan fingerprint density at radius 3 is 2.48 bits per heavy atom. The van der Waals surface area contributed by atoms with Crippen LogP contribution < -0.4 is 15.4 Å². The number of hydrogen-bond donors (Lipinski definition) is 2. The lowest BCUT2D eigenvalue weighted by molar-refractivity contribution is -0.384. The quantitative estimate of drug-likeness (QED) is 0.548. The number of nitro groups is 1. The Kier molecular flexibility index (Phi) is 7.38. The Hall–Kier alpha value is -2.88. The van der Waals surface area contributed by atoms with Gasteiger partial charge in [-0.1, -0.05) is 0 Å². The van der Waals surface area contributed by atoms with Crippen LogP contribution in [0.5, 0.6) is 5.75 Å². The molecule has 0 aromatic heterocycles. The Labute approximate surface area is 169 Å². The molecule has 1 heterocycles. The first-order valence-electron chi connectivity index (χ1n) is 9.41. The monoisotopic (exact) mass is 408 g/mol. The number of alkyl carbamates (subject to hydrolysis) is 1. The lowest BCUT2D eigenvalue weighted by atomic mass is 10.1. The Morgan fingerprint density at radius 2 is 1.93 bits per heavy atom. The van der Waals surface area contributed by atoms with Gasteiger partial charge < -0.3 is 20.1 Å². The molecule has 29 heavy (non-hydrogen) atoms. The van der Waals surface area contributed by atoms with Crippen molar-refractivity contribution in [2.75, 3.05) is 32.1 Å². The molecule has 2 amide bonds. The summed E-state index contributed by atoms with van der Waals surface area (Å²) in [5.74, 6) is -0.0106. The van der Waals surface area contributed by atoms with E-state index in [1.165, 1.54) is 25.3 Å². The van der Waals surface area contributed by atoms with Gasteiger partial charge in [-0.05, 0) is 39.7 Å². The Morgan fingerprint density at radius 1 is 1.28 bits per heavy atom. The van der Waals surface area contributed by atoms with Crippen molar-refractivity contribution >= 4 is 23.4 Å². The number of amides is 2. The molecule has 0 atom stereocenters. The largest absolute Gasteiger partial charge is 0.494 e. The van der Waals surface area contributed by atoms with E-state index in [1.807, 2.05) is 25.7 Å². The highest BCUT2D eigenvalue weighted by atomic mass is 16.6. The first kappa shape index (κ1) is 22.4. The molecule has 0 spiro atoms. The van der Waals surface area contributed by atoms with Crippen LogP contribution >= 0.6 is 0 Å². The number of ether oxygens (including phenoxy) is 2. The minimum atomic E-state index is -0.540. The lowest BCUT2D eigenvalue weighted by Gasteiger charge is -2.32. The zero-order chi connectivity index (χ0) is 21.6. The molecule has 1 aliphatic rings. The summed E-state index contributed by atoms with van der Waals surface area (Å²) >= 11 is 0. The summed E-state index contributed by atoms with van der Waals surface area (Å²) in [4.78, 5) is 36.5. The predicted molar refractivity (Wildman–Crippen MR) is 107 cm³/mol. The molecule has 0 aliphatic carbocycles. The standard InChI is InChI=1S/C19H28N4O6/c1-19(2,3)29-18(25)20-13-7-9-22(10-8-13)12-17(24)21-15-6-5-14(23(26)27)11-16(15)28-4/h5-6,11,13H,7-10,12H2,1-4H3,(H,20,25)(H,21,24). The van der Waals surface area contributed by atoms with Crippen molar-refractivity contribution < 1.29 is 24.0 Å². The van der Waals surface area contributed by atoms with Crippen LogP contribution in [0.2, 0.25) is 0 Å². The van der Waals surface area contributed by atoms with Crippen LogP contribution in [0.3, 0.4) is 0 Å². The van der Waals surface area contributed by atoms with E-state index in [-0.39, 0.29) is 29.9 Å². The van der Waals surface area contributed by atoms with Gasteiger partial charge in [0.15, 0.2) is 0 Å². The van der Waals surface area contributed by atoms with Crippen LogP contribution in [0.4, 0.5) is 16.2 Å². The van der Waals surface area contributed by atoms with E-state index in [4.69, 9.17) is 9.47 Å². The highest BCUT2D eigenvalue weighted by Crippen LogP contribution is 2.29. The maximum absolute atomic E-state index is 12.4. The smallest absolute Gasteiger partial charge is 0.407 e. The summed E-state index contributed by atoms with van der Waals surface area (Å²) in [5.41, 5.74) is -0.272. The number of anilines is 1. The fraction of sp³-hybridized carbons (Fsp3) is 0.579. The maximum atomic E-state index is 12.4. The zero-order valence-corrected chi connectivity index (χ0v) is 17.2. The Balaban J connectivity index is 1.81. The summed E-state index contributed by atoms with van der Waals surface area (Å²) in [6, 6.07) is 4.04. The molecule has 10 nitrogen and oxygen atoms in total. The van der Waals surface area contributed by atoms with E-state index in [0.717, 1.165) is 0 Å². The second-order valence-electron chi connectivity index (χ2n) is 7.89. The number of rotatable bonds is 6. The number of piperidine rings is 1. The third-order valence-corrected chi connectivity index (χ3v) is 4.35. The number of non-ortho nitro benzene ring substituents is 1. The predicted octanol–water partition coefficient (Wildman–Crippen LogP) is 2.53. The average Bonchev–Trinajstić information content (AvgIpc) is 2.61. The topological polar surface area (TPSA) is 123 Å². The molecular weight excluding hydrogens is 380 g/mol. The van der Waals surface area contributed by atoms with Crippen LogP contribution in [0.25, 0.3) is 0 Å². The number of carbonyl (C=O) groups is 2. The average molecular weight is 408 g/mol. The molecule has 160 valence electrons. The number of benzene rings is 1. The minimum absolute atomic E-state index is 0.0129. The molecule has 2 rings (SSSR count). The van der Waals surface area contributed by atoms with Crippen molar-refractivity contribution in [2.45, 2.75) is 45.3 Å². The van der Waals surface area contributed by atoms with Crippen LogP contribution in [0, 0.1) is 10.1 Å². The second-order valence-corrected chi connectivity index (χ2v) is 7.89. The zero-order valence-electron chi connectivity index (χ0n) is 17.2. The van der Waals surface area contributed by atoms with E-state index in [0.29, 0.717) is 31.6 Å². The molecule has 1 aliphatic heterocycles. The fourth-order valence-electron chi connectivity index (χ4n) is 3.00. The van der Waals surface area contributed by atoms with Crippen molar-refractivity contribution in [3.63, 3.8) is 0 Å². The highest BCUT2D eigenvalue weighted by molar-refractivity contribution is 5.93. The fourth-order valence-corrected chi connectivity index (χ4v) is 3.00. The minimum Gasteiger partial charge on any atom is -0.494 e. The number of nitrogens with one attached hydrogen (secondary N) is 2. The van der Waals surface area contributed by atoms with Crippen LogP contribution in [-0.2, 0) is 9.53 Å². The van der Waals surface area contributed by atoms with Gasteiger partial charge in [0.2, 0.25) is 5.91 Å². The van der Waals surface area contributed by atoms with Crippen molar-refractivity contribution in [3.8, 4) is 5.75 Å². The van der Waals surface area contributed by atoms with Crippen molar-refractivity contribution in [1.29, 1.82) is 0 Å². The van der Waals surface area contributed by atoms with Gasteiger partial charge in [-0.3, -0.25) is 19.8 Å². The lowest BCUT2D eigenvalue weighted by Crippen LogP contribution is -2.47. The van der Waals surface area contributed by atoms with Crippen molar-refractivity contribution in [2.24, 2.45) is 0 Å². The van der Waals surface area contributed by atoms with E-state index >= 15 is 0 Å². The normalized spacial score (nSPS) is 15.4. The number of nitro benzene ring substituents is 1. The second kappa shape index (κ2) is 9.55. The summed E-state index contributed by atoms with van der Waals surface area (Å²) < 4.78 is 10.4. The third-order valence-electron chi connectivity index (χ3n) is 4.35. The molecule has 1 aromatic rings. The summed E-state index contributed by atoms with van der Waals surface area (Å²) in [5, 5.41) is 16.4. The van der Waals surface area contributed by atoms with Gasteiger partial charge >= 0.3 is 6.09 Å². The van der Waals surface area contributed by atoms with Crippen LogP contribution in [0.15, 0.2) is 18.2 Å². The summed E-state index contributed by atoms with van der Waals surface area (Å²) in [7, 11) is 1.39. The third kappa shape index (κ3) is 7.22. The number of nitrogens with zero attached hydrogens (tertiary/aromatic N) is 2. The molecule has 2 N–H and O–H groups in total. The maximum Gasteiger partial charge on any atom is 0.407 e. The van der Waals surface area contributed by atoms with Gasteiger partial charge in [0.25, 0.3) is 5.69 Å². The molecule has 10 heteroatoms. The summed E-state index contributed by atoms with van der Waals surface area (Å²) in [6.45, 7) is 6.94. The first-order valence-corrected chi connectivity index (χ1v) is 9.41. The van der Waals surface area contributed by atoms with Crippen LogP contribution in [-0.4, -0.2) is 60.2 Å². The number of carbonyl (C=O) groups excluding carboxylic acids is 2. The van der Waals surface area contributed by atoms with Gasteiger partial charge in [0.1, 0.15) is 11.4 Å². The molecule has 1 fully saturated rings. The van der Waals surface area contributed by atoms with Gasteiger partial charge in [0.05, 0.1) is 30.3 Å². The number of hydrogen-bond acceptors (Lipinski definition) is 7. The molecule has 1 saturated heterocycles. The van der Waals surface area contributed by atoms with Gasteiger partial charge in [0, 0.05) is 25.2 Å².